The van der Waals surface area contributed by atoms with Gasteiger partial charge in [0.25, 0.3) is 0 Å². The summed E-state index contributed by atoms with van der Waals surface area (Å²) in [6, 6.07) is 0. The zero-order chi connectivity index (χ0) is 8.81. The summed E-state index contributed by atoms with van der Waals surface area (Å²) in [5, 5.41) is 3.31. The highest BCUT2D eigenvalue weighted by Crippen LogP contribution is 2.05. The van der Waals surface area contributed by atoms with E-state index in [4.69, 9.17) is 0 Å². The molecule has 0 amide bonds. The van der Waals surface area contributed by atoms with Crippen LogP contribution in [0.2, 0.25) is 0 Å². The van der Waals surface area contributed by atoms with Gasteiger partial charge >= 0.3 is 0 Å². The molecule has 0 aromatic heterocycles. The summed E-state index contributed by atoms with van der Waals surface area (Å²) in [7, 11) is 0. The molecular weight excluding hydrogens is 148 g/mol. The van der Waals surface area contributed by atoms with Gasteiger partial charge in [0.1, 0.15) is 0 Å². The molecule has 1 aliphatic rings. The SMILES string of the molecule is C=C(C)CNC1=NCCCCC1. The average molecular weight is 166 g/mol. The molecule has 2 heteroatoms. The first-order valence-corrected chi connectivity index (χ1v) is 4.70. The molecule has 0 saturated carbocycles. The molecule has 0 unspecified atom stereocenters. The molecule has 68 valence electrons. The summed E-state index contributed by atoms with van der Waals surface area (Å²) < 4.78 is 0. The van der Waals surface area contributed by atoms with E-state index in [1.807, 2.05) is 6.92 Å². The Morgan fingerprint density at radius 2 is 2.33 bits per heavy atom. The predicted molar refractivity (Wildman–Crippen MR) is 53.6 cm³/mol. The number of rotatable bonds is 2. The maximum Gasteiger partial charge on any atom is 0.0965 e. The van der Waals surface area contributed by atoms with Crippen molar-refractivity contribution in [1.29, 1.82) is 0 Å². The lowest BCUT2D eigenvalue weighted by Gasteiger charge is -2.06. The Morgan fingerprint density at radius 3 is 3.08 bits per heavy atom. The van der Waals surface area contributed by atoms with E-state index in [1.165, 1.54) is 30.7 Å². The minimum Gasteiger partial charge on any atom is -0.370 e. The van der Waals surface area contributed by atoms with Crippen LogP contribution in [0.25, 0.3) is 0 Å². The summed E-state index contributed by atoms with van der Waals surface area (Å²) in [6.45, 7) is 7.75. The summed E-state index contributed by atoms with van der Waals surface area (Å²) in [6.07, 6.45) is 4.97. The van der Waals surface area contributed by atoms with E-state index >= 15 is 0 Å². The molecule has 0 bridgehead atoms. The van der Waals surface area contributed by atoms with Crippen molar-refractivity contribution in [3.63, 3.8) is 0 Å². The number of nitrogens with one attached hydrogen (secondary N) is 1. The van der Waals surface area contributed by atoms with Crippen LogP contribution in [0.1, 0.15) is 32.6 Å². The van der Waals surface area contributed by atoms with Crippen molar-refractivity contribution in [1.82, 2.24) is 5.32 Å². The van der Waals surface area contributed by atoms with E-state index in [-0.39, 0.29) is 0 Å². The largest absolute Gasteiger partial charge is 0.370 e. The molecule has 12 heavy (non-hydrogen) atoms. The number of hydrogen-bond donors (Lipinski definition) is 1. The lowest BCUT2D eigenvalue weighted by atomic mass is 10.2. The van der Waals surface area contributed by atoms with E-state index in [0.717, 1.165) is 19.5 Å². The summed E-state index contributed by atoms with van der Waals surface area (Å²) in [4.78, 5) is 4.46. The molecule has 0 aromatic carbocycles. The van der Waals surface area contributed by atoms with Crippen molar-refractivity contribution in [3.8, 4) is 0 Å². The summed E-state index contributed by atoms with van der Waals surface area (Å²) in [5.74, 6) is 1.18. The van der Waals surface area contributed by atoms with Gasteiger partial charge in [0.15, 0.2) is 0 Å². The maximum atomic E-state index is 4.46. The van der Waals surface area contributed by atoms with Crippen LogP contribution in [0.5, 0.6) is 0 Å². The van der Waals surface area contributed by atoms with Crippen LogP contribution in [-0.2, 0) is 0 Å². The fourth-order valence-electron chi connectivity index (χ4n) is 1.27. The topological polar surface area (TPSA) is 24.4 Å². The highest BCUT2D eigenvalue weighted by Gasteiger charge is 2.02. The Labute approximate surface area is 74.8 Å². The number of amidine groups is 1. The highest BCUT2D eigenvalue weighted by atomic mass is 15.0. The molecule has 0 fully saturated rings. The Morgan fingerprint density at radius 1 is 1.50 bits per heavy atom. The number of hydrogen-bond acceptors (Lipinski definition) is 2. The first kappa shape index (κ1) is 9.30. The molecule has 0 saturated heterocycles. The molecule has 1 rings (SSSR count). The average Bonchev–Trinajstić information content (AvgIpc) is 2.28. The van der Waals surface area contributed by atoms with Crippen LogP contribution in [0.15, 0.2) is 17.1 Å². The van der Waals surface area contributed by atoms with Crippen LogP contribution in [0.3, 0.4) is 0 Å². The van der Waals surface area contributed by atoms with Gasteiger partial charge in [0.05, 0.1) is 5.84 Å². The fourth-order valence-corrected chi connectivity index (χ4v) is 1.27. The van der Waals surface area contributed by atoms with Gasteiger partial charge < -0.3 is 5.32 Å². The molecule has 1 heterocycles. The molecule has 0 spiro atoms. The van der Waals surface area contributed by atoms with Crippen molar-refractivity contribution < 1.29 is 0 Å². The van der Waals surface area contributed by atoms with Crippen LogP contribution < -0.4 is 5.32 Å². The number of aliphatic imine (C=N–C) groups is 1. The smallest absolute Gasteiger partial charge is 0.0965 e. The van der Waals surface area contributed by atoms with Gasteiger partial charge in [-0.25, -0.2) is 0 Å². The van der Waals surface area contributed by atoms with Crippen molar-refractivity contribution in [2.24, 2.45) is 4.99 Å². The second kappa shape index (κ2) is 4.96. The molecule has 2 nitrogen and oxygen atoms in total. The quantitative estimate of drug-likeness (QED) is 0.624. The minimum absolute atomic E-state index is 0.874. The third-order valence-electron chi connectivity index (χ3n) is 1.97. The highest BCUT2D eigenvalue weighted by molar-refractivity contribution is 5.82. The van der Waals surface area contributed by atoms with Gasteiger partial charge in [0, 0.05) is 19.5 Å². The number of nitrogens with zero attached hydrogens (tertiary/aromatic N) is 1. The van der Waals surface area contributed by atoms with Gasteiger partial charge in [-0.3, -0.25) is 4.99 Å². The normalized spacial score (nSPS) is 17.9. The second-order valence-electron chi connectivity index (χ2n) is 3.45. The molecular formula is C10H18N2. The van der Waals surface area contributed by atoms with E-state index < -0.39 is 0 Å². The predicted octanol–water partition coefficient (Wildman–Crippen LogP) is 2.12. The molecule has 0 aliphatic carbocycles. The first-order valence-electron chi connectivity index (χ1n) is 4.70. The minimum atomic E-state index is 0.874. The van der Waals surface area contributed by atoms with Gasteiger partial charge in [-0.15, -0.1) is 0 Å². The van der Waals surface area contributed by atoms with Crippen molar-refractivity contribution in [2.75, 3.05) is 13.1 Å². The molecule has 0 aromatic rings. The van der Waals surface area contributed by atoms with E-state index in [0.29, 0.717) is 0 Å². The van der Waals surface area contributed by atoms with Gasteiger partial charge in [-0.1, -0.05) is 18.6 Å². The maximum absolute atomic E-state index is 4.46. The Bertz CT molecular complexity index is 182. The van der Waals surface area contributed by atoms with Gasteiger partial charge in [-0.2, -0.15) is 0 Å². The van der Waals surface area contributed by atoms with Crippen LogP contribution >= 0.6 is 0 Å². The van der Waals surface area contributed by atoms with E-state index in [2.05, 4.69) is 16.9 Å². The van der Waals surface area contributed by atoms with Gasteiger partial charge in [0.2, 0.25) is 0 Å². The summed E-state index contributed by atoms with van der Waals surface area (Å²) >= 11 is 0. The van der Waals surface area contributed by atoms with Crippen molar-refractivity contribution >= 4 is 5.84 Å². The lowest BCUT2D eigenvalue weighted by molar-refractivity contribution is 0.729. The summed E-state index contributed by atoms with van der Waals surface area (Å²) in [5.41, 5.74) is 1.17. The Hall–Kier alpha value is -0.790. The van der Waals surface area contributed by atoms with Gasteiger partial charge in [-0.05, 0) is 19.8 Å². The monoisotopic (exact) mass is 166 g/mol. The zero-order valence-corrected chi connectivity index (χ0v) is 7.90. The Kier molecular flexibility index (Phi) is 3.85. The third kappa shape index (κ3) is 3.56. The molecule has 1 aliphatic heterocycles. The lowest BCUT2D eigenvalue weighted by Crippen LogP contribution is -2.24. The molecule has 0 atom stereocenters. The fraction of sp³-hybridized carbons (Fsp3) is 0.700. The van der Waals surface area contributed by atoms with Crippen LogP contribution in [0, 0.1) is 0 Å². The van der Waals surface area contributed by atoms with Crippen LogP contribution in [-0.4, -0.2) is 18.9 Å². The Balaban J connectivity index is 2.28. The molecule has 0 radical (unpaired) electrons. The van der Waals surface area contributed by atoms with Crippen molar-refractivity contribution in [3.05, 3.63) is 12.2 Å². The third-order valence-corrected chi connectivity index (χ3v) is 1.97. The van der Waals surface area contributed by atoms with Crippen molar-refractivity contribution in [2.45, 2.75) is 32.6 Å². The van der Waals surface area contributed by atoms with E-state index in [1.54, 1.807) is 0 Å². The van der Waals surface area contributed by atoms with E-state index in [9.17, 15) is 0 Å². The standard InChI is InChI=1S/C10H18N2/c1-9(2)8-12-10-6-4-3-5-7-11-10/h1,3-8H2,2H3,(H,11,12). The first-order chi connectivity index (χ1) is 5.79. The molecule has 1 N–H and O–H groups in total. The van der Waals surface area contributed by atoms with Crippen LogP contribution in [0.4, 0.5) is 0 Å². The zero-order valence-electron chi connectivity index (χ0n) is 7.90. The second-order valence-corrected chi connectivity index (χ2v) is 3.45.